The quantitative estimate of drug-likeness (QED) is 0.452. The van der Waals surface area contributed by atoms with Crippen molar-refractivity contribution < 1.29 is 29.4 Å². The Morgan fingerprint density at radius 1 is 1.19 bits per heavy atom. The fourth-order valence-electron chi connectivity index (χ4n) is 1.39. The minimum absolute atomic E-state index is 0.00212. The van der Waals surface area contributed by atoms with Crippen LogP contribution in [0.2, 0.25) is 0 Å². The van der Waals surface area contributed by atoms with Gasteiger partial charge in [0.25, 0.3) is 0 Å². The molecule has 21 heavy (non-hydrogen) atoms. The van der Waals surface area contributed by atoms with Gasteiger partial charge in [-0.15, -0.1) is 0 Å². The first-order chi connectivity index (χ1) is 9.77. The van der Waals surface area contributed by atoms with Gasteiger partial charge < -0.3 is 25.7 Å². The molecule has 0 aliphatic rings. The number of nitrogens with one attached hydrogen (secondary N) is 2. The monoisotopic (exact) mass is 303 g/mol. The van der Waals surface area contributed by atoms with Gasteiger partial charge in [0.1, 0.15) is 6.04 Å². The summed E-state index contributed by atoms with van der Waals surface area (Å²) in [5.41, 5.74) is 0. The van der Waals surface area contributed by atoms with Gasteiger partial charge in [-0.2, -0.15) is 0 Å². The Balaban J connectivity index is 4.20. The highest BCUT2D eigenvalue weighted by Gasteiger charge is 2.20. The fraction of sp³-hybridized carbons (Fsp3) is 0.667. The van der Waals surface area contributed by atoms with Crippen LogP contribution < -0.4 is 10.6 Å². The van der Waals surface area contributed by atoms with Crippen molar-refractivity contribution in [3.8, 4) is 0 Å². The van der Waals surface area contributed by atoms with Crippen LogP contribution in [-0.4, -0.2) is 65.2 Å². The van der Waals surface area contributed by atoms with E-state index in [9.17, 15) is 19.2 Å². The molecule has 3 amide bonds. The Morgan fingerprint density at radius 3 is 2.29 bits per heavy atom. The average molecular weight is 303 g/mol. The molecule has 0 heterocycles. The molecule has 0 unspecified atom stereocenters. The molecule has 0 saturated heterocycles. The summed E-state index contributed by atoms with van der Waals surface area (Å²) >= 11 is 0. The van der Waals surface area contributed by atoms with Gasteiger partial charge in [0.2, 0.25) is 5.91 Å². The summed E-state index contributed by atoms with van der Waals surface area (Å²) in [6.45, 7) is 2.04. The van der Waals surface area contributed by atoms with Crippen LogP contribution in [0.15, 0.2) is 0 Å². The summed E-state index contributed by atoms with van der Waals surface area (Å²) < 4.78 is 0. The maximum absolute atomic E-state index is 11.5. The van der Waals surface area contributed by atoms with Crippen molar-refractivity contribution >= 4 is 23.9 Å². The molecule has 4 N–H and O–H groups in total. The number of carboxylic acids is 2. The SMILES string of the molecule is CCN(C)C(=O)CNC(=O)N[C@H](CCCC(=O)O)C(=O)O. The van der Waals surface area contributed by atoms with E-state index >= 15 is 0 Å². The molecule has 0 aliphatic heterocycles. The van der Waals surface area contributed by atoms with E-state index in [0.717, 1.165) is 0 Å². The third kappa shape index (κ3) is 8.45. The first-order valence-electron chi connectivity index (χ1n) is 6.50. The summed E-state index contributed by atoms with van der Waals surface area (Å²) in [5, 5.41) is 21.9. The molecule has 1 atom stereocenters. The van der Waals surface area contributed by atoms with E-state index in [1.54, 1.807) is 14.0 Å². The van der Waals surface area contributed by atoms with Gasteiger partial charge in [0, 0.05) is 20.0 Å². The molecule has 0 aromatic rings. The van der Waals surface area contributed by atoms with Gasteiger partial charge in [-0.25, -0.2) is 9.59 Å². The first-order valence-corrected chi connectivity index (χ1v) is 6.50. The Morgan fingerprint density at radius 2 is 1.81 bits per heavy atom. The van der Waals surface area contributed by atoms with E-state index < -0.39 is 24.0 Å². The number of hydrogen-bond donors (Lipinski definition) is 4. The van der Waals surface area contributed by atoms with Crippen molar-refractivity contribution in [1.29, 1.82) is 0 Å². The Labute approximate surface area is 122 Å². The molecule has 0 bridgehead atoms. The lowest BCUT2D eigenvalue weighted by Crippen LogP contribution is -2.48. The second kappa shape index (κ2) is 9.56. The van der Waals surface area contributed by atoms with Crippen LogP contribution in [0.4, 0.5) is 4.79 Å². The number of aliphatic carboxylic acids is 2. The van der Waals surface area contributed by atoms with Crippen molar-refractivity contribution in [3.05, 3.63) is 0 Å². The van der Waals surface area contributed by atoms with E-state index in [1.807, 2.05) is 0 Å². The van der Waals surface area contributed by atoms with Crippen molar-refractivity contribution in [2.75, 3.05) is 20.1 Å². The minimum atomic E-state index is -1.26. The molecule has 120 valence electrons. The zero-order valence-electron chi connectivity index (χ0n) is 12.1. The molecular formula is C12H21N3O6. The first kappa shape index (κ1) is 18.7. The summed E-state index contributed by atoms with van der Waals surface area (Å²) in [5.74, 6) is -2.59. The lowest BCUT2D eigenvalue weighted by Gasteiger charge is -2.17. The highest BCUT2D eigenvalue weighted by molar-refractivity contribution is 5.86. The molecule has 0 fully saturated rings. The highest BCUT2D eigenvalue weighted by atomic mass is 16.4. The smallest absolute Gasteiger partial charge is 0.326 e. The van der Waals surface area contributed by atoms with Crippen molar-refractivity contribution in [2.45, 2.75) is 32.2 Å². The molecule has 0 aromatic heterocycles. The zero-order valence-corrected chi connectivity index (χ0v) is 12.1. The molecule has 9 nitrogen and oxygen atoms in total. The Bertz CT molecular complexity index is 398. The van der Waals surface area contributed by atoms with E-state index in [0.29, 0.717) is 6.54 Å². The summed E-state index contributed by atoms with van der Waals surface area (Å²) in [7, 11) is 1.58. The fourth-order valence-corrected chi connectivity index (χ4v) is 1.39. The third-order valence-corrected chi connectivity index (χ3v) is 2.79. The molecule has 0 spiro atoms. The van der Waals surface area contributed by atoms with E-state index in [4.69, 9.17) is 10.2 Å². The standard InChI is InChI=1S/C12H21N3O6/c1-3-15(2)9(16)7-13-12(21)14-8(11(19)20)5-4-6-10(17)18/h8H,3-7H2,1-2H3,(H,17,18)(H,19,20)(H2,13,14,21)/t8-/m1/s1. The van der Waals surface area contributed by atoms with Crippen LogP contribution in [-0.2, 0) is 14.4 Å². The molecule has 0 radical (unpaired) electrons. The summed E-state index contributed by atoms with van der Waals surface area (Å²) in [4.78, 5) is 45.6. The second-order valence-corrected chi connectivity index (χ2v) is 4.41. The lowest BCUT2D eigenvalue weighted by atomic mass is 10.1. The molecule has 0 rings (SSSR count). The number of hydrogen-bond acceptors (Lipinski definition) is 4. The van der Waals surface area contributed by atoms with Crippen molar-refractivity contribution in [3.63, 3.8) is 0 Å². The van der Waals surface area contributed by atoms with Crippen LogP contribution in [0.25, 0.3) is 0 Å². The van der Waals surface area contributed by atoms with Crippen LogP contribution in [0.3, 0.4) is 0 Å². The normalized spacial score (nSPS) is 11.3. The third-order valence-electron chi connectivity index (χ3n) is 2.79. The maximum atomic E-state index is 11.5. The number of nitrogens with zero attached hydrogens (tertiary/aromatic N) is 1. The van der Waals surface area contributed by atoms with Crippen LogP contribution in [0, 0.1) is 0 Å². The van der Waals surface area contributed by atoms with Gasteiger partial charge in [0.15, 0.2) is 0 Å². The topological polar surface area (TPSA) is 136 Å². The van der Waals surface area contributed by atoms with Crippen LogP contribution >= 0.6 is 0 Å². The molecule has 9 heteroatoms. The summed E-state index contributed by atoms with van der Waals surface area (Å²) in [6, 6.07) is -1.97. The molecule has 0 aromatic carbocycles. The van der Waals surface area contributed by atoms with Gasteiger partial charge in [-0.1, -0.05) is 0 Å². The molecular weight excluding hydrogens is 282 g/mol. The van der Waals surface area contributed by atoms with Gasteiger partial charge >= 0.3 is 18.0 Å². The maximum Gasteiger partial charge on any atom is 0.326 e. The second-order valence-electron chi connectivity index (χ2n) is 4.41. The minimum Gasteiger partial charge on any atom is -0.481 e. The van der Waals surface area contributed by atoms with Crippen LogP contribution in [0.5, 0.6) is 0 Å². The largest absolute Gasteiger partial charge is 0.481 e. The zero-order chi connectivity index (χ0) is 16.4. The van der Waals surface area contributed by atoms with Crippen molar-refractivity contribution in [2.24, 2.45) is 0 Å². The van der Waals surface area contributed by atoms with E-state index in [-0.39, 0.29) is 31.7 Å². The van der Waals surface area contributed by atoms with Gasteiger partial charge in [-0.3, -0.25) is 9.59 Å². The van der Waals surface area contributed by atoms with Crippen molar-refractivity contribution in [1.82, 2.24) is 15.5 Å². The average Bonchev–Trinajstić information content (AvgIpc) is 2.42. The highest BCUT2D eigenvalue weighted by Crippen LogP contribution is 2.01. The van der Waals surface area contributed by atoms with E-state index in [2.05, 4.69) is 10.6 Å². The number of carbonyl (C=O) groups is 4. The number of carbonyl (C=O) groups excluding carboxylic acids is 2. The van der Waals surface area contributed by atoms with Crippen LogP contribution in [0.1, 0.15) is 26.2 Å². The Hall–Kier alpha value is -2.32. The summed E-state index contributed by atoms with van der Waals surface area (Å²) in [6.07, 6.45) is -0.0468. The predicted octanol–water partition coefficient (Wildman–Crippen LogP) is -0.528. The molecule has 0 aliphatic carbocycles. The van der Waals surface area contributed by atoms with E-state index in [1.165, 1.54) is 4.90 Å². The Kier molecular flexibility index (Phi) is 8.51. The number of amides is 3. The van der Waals surface area contributed by atoms with Gasteiger partial charge in [0.05, 0.1) is 6.54 Å². The number of carboxylic acid groups (broad SMARTS) is 2. The number of urea groups is 1. The predicted molar refractivity (Wildman–Crippen MR) is 72.8 cm³/mol. The number of rotatable bonds is 9. The van der Waals surface area contributed by atoms with Gasteiger partial charge in [-0.05, 0) is 19.8 Å². The lowest BCUT2D eigenvalue weighted by molar-refractivity contribution is -0.140. The molecule has 0 saturated carbocycles. The number of likely N-dealkylation sites (N-methyl/N-ethyl adjacent to an activating group) is 1.